The van der Waals surface area contributed by atoms with E-state index in [4.69, 9.17) is 15.0 Å². The first-order valence-corrected chi connectivity index (χ1v) is 21.2. The number of aromatic nitrogens is 5. The number of rotatable bonds is 7. The van der Waals surface area contributed by atoms with Crippen molar-refractivity contribution in [1.82, 2.24) is 24.1 Å². The molecule has 0 aliphatic heterocycles. The molecule has 9 aromatic carbocycles. The second-order valence-corrected chi connectivity index (χ2v) is 15.8. The minimum atomic E-state index is -0.642. The van der Waals surface area contributed by atoms with Crippen LogP contribution in [0.1, 0.15) is 0 Å². The third-order valence-corrected chi connectivity index (χ3v) is 12.0. The van der Waals surface area contributed by atoms with Crippen molar-refractivity contribution < 1.29 is 8.78 Å². The van der Waals surface area contributed by atoms with Crippen LogP contribution in [0.25, 0.3) is 111 Å². The molecule has 0 aliphatic rings. The van der Waals surface area contributed by atoms with E-state index in [0.717, 1.165) is 94.3 Å². The second kappa shape index (κ2) is 15.1. The van der Waals surface area contributed by atoms with Gasteiger partial charge in [-0.05, 0) is 59.7 Å². The maximum absolute atomic E-state index is 15.3. The van der Waals surface area contributed by atoms with Crippen LogP contribution in [-0.2, 0) is 0 Å². The molecule has 12 aromatic rings. The summed E-state index contributed by atoms with van der Waals surface area (Å²) in [6.45, 7) is 0. The molecule has 0 radical (unpaired) electrons. The van der Waals surface area contributed by atoms with Gasteiger partial charge in [-0.3, -0.25) is 0 Å². The third-order valence-electron chi connectivity index (χ3n) is 12.0. The Morgan fingerprint density at radius 1 is 0.312 bits per heavy atom. The first-order chi connectivity index (χ1) is 31.6. The summed E-state index contributed by atoms with van der Waals surface area (Å²) in [4.78, 5) is 14.9. The zero-order valence-electron chi connectivity index (χ0n) is 34.2. The molecule has 3 aromatic heterocycles. The van der Waals surface area contributed by atoms with Gasteiger partial charge in [-0.15, -0.1) is 0 Å². The van der Waals surface area contributed by atoms with Crippen molar-refractivity contribution in [2.45, 2.75) is 0 Å². The van der Waals surface area contributed by atoms with Crippen LogP contribution in [0.15, 0.2) is 212 Å². The van der Waals surface area contributed by atoms with E-state index in [1.807, 2.05) is 108 Å². The smallest absolute Gasteiger partial charge is 0.164 e. The van der Waals surface area contributed by atoms with E-state index in [0.29, 0.717) is 23.2 Å². The molecule has 302 valence electrons. The van der Waals surface area contributed by atoms with Crippen LogP contribution >= 0.6 is 0 Å². The second-order valence-electron chi connectivity index (χ2n) is 15.8. The molecule has 7 heteroatoms. The highest BCUT2D eigenvalue weighted by Crippen LogP contribution is 2.52. The van der Waals surface area contributed by atoms with Gasteiger partial charge in [0, 0.05) is 61.1 Å². The summed E-state index contributed by atoms with van der Waals surface area (Å²) >= 11 is 0. The van der Waals surface area contributed by atoms with Crippen molar-refractivity contribution in [1.29, 1.82) is 0 Å². The van der Waals surface area contributed by atoms with Gasteiger partial charge >= 0.3 is 0 Å². The van der Waals surface area contributed by atoms with Crippen molar-refractivity contribution in [3.05, 3.63) is 224 Å². The summed E-state index contributed by atoms with van der Waals surface area (Å²) in [5, 5.41) is 4.01. The third kappa shape index (κ3) is 6.08. The highest BCUT2D eigenvalue weighted by molar-refractivity contribution is 6.33. The lowest BCUT2D eigenvalue weighted by molar-refractivity contribution is 0.582. The quantitative estimate of drug-likeness (QED) is 0.161. The summed E-state index contributed by atoms with van der Waals surface area (Å²) < 4.78 is 35.0. The maximum atomic E-state index is 15.3. The molecule has 0 N–H and O–H groups in total. The van der Waals surface area contributed by atoms with Crippen LogP contribution in [0.5, 0.6) is 0 Å². The van der Waals surface area contributed by atoms with Gasteiger partial charge in [-0.25, -0.2) is 23.7 Å². The predicted octanol–water partition coefficient (Wildman–Crippen LogP) is 14.7. The maximum Gasteiger partial charge on any atom is 0.164 e. The summed E-state index contributed by atoms with van der Waals surface area (Å²) in [7, 11) is 0. The Labute approximate surface area is 366 Å². The van der Waals surface area contributed by atoms with Gasteiger partial charge in [-0.1, -0.05) is 158 Å². The first-order valence-electron chi connectivity index (χ1n) is 21.2. The molecule has 0 fully saturated rings. The Morgan fingerprint density at radius 3 is 1.08 bits per heavy atom. The largest absolute Gasteiger partial charge is 0.309 e. The SMILES string of the molecule is Fc1cc(F)cc(-n2c3ccccc3c3c(-c4ccccc4)c4c(c(-c5ccccc5)c32)c2ccccc2n4-c2ccc(-c3nc(-c4ccccc4)nc(-c4ccccc4)n3)cc2)c1. The standard InChI is InChI=1S/C57H35F2N5/c58-41-33-42(59)35-44(34-41)64-48-28-16-14-26-46(48)52-49(36-17-5-1-6-18-36)53-51(50(54(52)64)37-19-7-2-8-20-37)45-25-13-15-27-47(45)63(53)43-31-29-40(30-32-43)57-61-55(38-21-9-3-10-22-38)60-56(62-57)39-23-11-4-12-24-39/h1-35H. The number of halogens is 2. The molecule has 0 bridgehead atoms. The fourth-order valence-corrected chi connectivity index (χ4v) is 9.37. The van der Waals surface area contributed by atoms with Crippen molar-refractivity contribution in [3.63, 3.8) is 0 Å². The molecule has 0 spiro atoms. The molecule has 0 unspecified atom stereocenters. The predicted molar refractivity (Wildman–Crippen MR) is 256 cm³/mol. The van der Waals surface area contributed by atoms with Crippen molar-refractivity contribution in [2.75, 3.05) is 0 Å². The average molecular weight is 828 g/mol. The number of hydrogen-bond acceptors (Lipinski definition) is 3. The Balaban J connectivity index is 1.19. The monoisotopic (exact) mass is 827 g/mol. The van der Waals surface area contributed by atoms with E-state index in [2.05, 4.69) is 95.6 Å². The lowest BCUT2D eigenvalue weighted by Crippen LogP contribution is -2.01. The van der Waals surface area contributed by atoms with Crippen LogP contribution < -0.4 is 0 Å². The molecule has 0 saturated carbocycles. The van der Waals surface area contributed by atoms with Gasteiger partial charge in [0.2, 0.25) is 0 Å². The summed E-state index contributed by atoms with van der Waals surface area (Å²) in [6, 6.07) is 69.5. The highest BCUT2D eigenvalue weighted by atomic mass is 19.1. The molecule has 5 nitrogen and oxygen atoms in total. The molecule has 3 heterocycles. The van der Waals surface area contributed by atoms with Gasteiger partial charge in [0.05, 0.1) is 27.8 Å². The van der Waals surface area contributed by atoms with Crippen molar-refractivity contribution in [3.8, 4) is 67.8 Å². The summed E-state index contributed by atoms with van der Waals surface area (Å²) in [5.41, 5.74) is 11.7. The van der Waals surface area contributed by atoms with Gasteiger partial charge in [0.25, 0.3) is 0 Å². The van der Waals surface area contributed by atoms with Crippen LogP contribution in [0.2, 0.25) is 0 Å². The topological polar surface area (TPSA) is 48.5 Å². The van der Waals surface area contributed by atoms with E-state index in [1.54, 1.807) is 0 Å². The van der Waals surface area contributed by atoms with Crippen LogP contribution in [0.4, 0.5) is 8.78 Å². The number of fused-ring (bicyclic) bond motifs is 6. The van der Waals surface area contributed by atoms with E-state index >= 15 is 8.78 Å². The number of benzene rings is 9. The van der Waals surface area contributed by atoms with Crippen molar-refractivity contribution >= 4 is 43.6 Å². The minimum Gasteiger partial charge on any atom is -0.309 e. The average Bonchev–Trinajstić information content (AvgIpc) is 3.87. The molecule has 0 saturated heterocycles. The van der Waals surface area contributed by atoms with Crippen molar-refractivity contribution in [2.24, 2.45) is 0 Å². The molecule has 64 heavy (non-hydrogen) atoms. The Kier molecular flexibility index (Phi) is 8.79. The van der Waals surface area contributed by atoms with Crippen LogP contribution in [0, 0.1) is 11.6 Å². The summed E-state index contributed by atoms with van der Waals surface area (Å²) in [5.74, 6) is 0.482. The van der Waals surface area contributed by atoms with Gasteiger partial charge in [0.1, 0.15) is 11.6 Å². The number of nitrogens with zero attached hydrogens (tertiary/aromatic N) is 5. The van der Waals surface area contributed by atoms with E-state index in [1.165, 1.54) is 12.1 Å². The molecule has 0 amide bonds. The Morgan fingerprint density at radius 2 is 0.656 bits per heavy atom. The normalized spacial score (nSPS) is 11.6. The minimum absolute atomic E-state index is 0.405. The molecular weight excluding hydrogens is 793 g/mol. The number of hydrogen-bond donors (Lipinski definition) is 0. The highest BCUT2D eigenvalue weighted by Gasteiger charge is 2.29. The van der Waals surface area contributed by atoms with Gasteiger partial charge in [0.15, 0.2) is 17.5 Å². The van der Waals surface area contributed by atoms with Crippen LogP contribution in [-0.4, -0.2) is 24.1 Å². The number of para-hydroxylation sites is 2. The van der Waals surface area contributed by atoms with E-state index in [-0.39, 0.29) is 0 Å². The Bertz CT molecular complexity index is 3640. The van der Waals surface area contributed by atoms with Gasteiger partial charge < -0.3 is 9.13 Å². The zero-order chi connectivity index (χ0) is 42.7. The molecular formula is C57H35F2N5. The first kappa shape index (κ1) is 37.2. The summed E-state index contributed by atoms with van der Waals surface area (Å²) in [6.07, 6.45) is 0. The molecule has 12 rings (SSSR count). The lowest BCUT2D eigenvalue weighted by atomic mass is 9.90. The van der Waals surface area contributed by atoms with Crippen LogP contribution in [0.3, 0.4) is 0 Å². The van der Waals surface area contributed by atoms with E-state index in [9.17, 15) is 0 Å². The fourth-order valence-electron chi connectivity index (χ4n) is 9.37. The lowest BCUT2D eigenvalue weighted by Gasteiger charge is -2.18. The Hall–Kier alpha value is -8.55. The zero-order valence-corrected chi connectivity index (χ0v) is 34.2. The van der Waals surface area contributed by atoms with Gasteiger partial charge in [-0.2, -0.15) is 0 Å². The molecule has 0 atom stereocenters. The fraction of sp³-hybridized carbons (Fsp3) is 0. The van der Waals surface area contributed by atoms with E-state index < -0.39 is 11.6 Å². The molecule has 0 aliphatic carbocycles.